The Morgan fingerprint density at radius 2 is 1.63 bits per heavy atom. The Bertz CT molecular complexity index is 769. The first-order chi connectivity index (χ1) is 14.2. The van der Waals surface area contributed by atoms with Gasteiger partial charge in [-0.15, -0.1) is 24.0 Å². The second-order valence-corrected chi connectivity index (χ2v) is 6.21. The van der Waals surface area contributed by atoms with E-state index in [9.17, 15) is 0 Å². The third-order valence-corrected chi connectivity index (χ3v) is 4.18. The van der Waals surface area contributed by atoms with Gasteiger partial charge in [-0.2, -0.15) is 0 Å². The van der Waals surface area contributed by atoms with Crippen molar-refractivity contribution in [2.45, 2.75) is 20.0 Å². The third-order valence-electron chi connectivity index (χ3n) is 4.18. The molecule has 2 rings (SSSR count). The van der Waals surface area contributed by atoms with Crippen molar-refractivity contribution in [2.75, 3.05) is 41.1 Å². The Balaban J connectivity index is 0.00000450. The second kappa shape index (κ2) is 14.7. The van der Waals surface area contributed by atoms with E-state index in [1.807, 2.05) is 49.4 Å². The van der Waals surface area contributed by atoms with Crippen LogP contribution < -0.4 is 24.8 Å². The topological polar surface area (TPSA) is 73.3 Å². The van der Waals surface area contributed by atoms with Crippen molar-refractivity contribution >= 4 is 29.9 Å². The maximum absolute atomic E-state index is 5.59. The van der Waals surface area contributed by atoms with Gasteiger partial charge in [0.15, 0.2) is 5.96 Å². The van der Waals surface area contributed by atoms with Crippen LogP contribution in [0.4, 0.5) is 0 Å². The number of hydrogen-bond acceptors (Lipinski definition) is 5. The van der Waals surface area contributed by atoms with Gasteiger partial charge in [-0.05, 0) is 36.8 Å². The molecular weight excluding hydrogens is 497 g/mol. The predicted octanol–water partition coefficient (Wildman–Crippen LogP) is 3.60. The van der Waals surface area contributed by atoms with E-state index in [1.54, 1.807) is 21.3 Å². The normalized spacial score (nSPS) is 10.7. The highest BCUT2D eigenvalue weighted by atomic mass is 127. The van der Waals surface area contributed by atoms with Gasteiger partial charge in [-0.3, -0.25) is 0 Å². The lowest BCUT2D eigenvalue weighted by atomic mass is 10.2. The highest BCUT2D eigenvalue weighted by molar-refractivity contribution is 14.0. The lowest BCUT2D eigenvalue weighted by Crippen LogP contribution is -2.36. The van der Waals surface area contributed by atoms with Gasteiger partial charge >= 0.3 is 0 Å². The summed E-state index contributed by atoms with van der Waals surface area (Å²) in [5.41, 5.74) is 2.12. The molecule has 0 saturated heterocycles. The Morgan fingerprint density at radius 3 is 2.27 bits per heavy atom. The van der Waals surface area contributed by atoms with Gasteiger partial charge in [0.1, 0.15) is 23.9 Å². The first kappa shape index (κ1) is 25.8. The number of methoxy groups -OCH3 is 3. The van der Waals surface area contributed by atoms with Crippen molar-refractivity contribution in [3.63, 3.8) is 0 Å². The Morgan fingerprint density at radius 1 is 0.900 bits per heavy atom. The van der Waals surface area contributed by atoms with Crippen LogP contribution in [-0.4, -0.2) is 47.0 Å². The van der Waals surface area contributed by atoms with E-state index in [-0.39, 0.29) is 24.0 Å². The van der Waals surface area contributed by atoms with Crippen LogP contribution in [0.2, 0.25) is 0 Å². The number of nitrogens with zero attached hydrogens (tertiary/aromatic N) is 1. The van der Waals surface area contributed by atoms with Crippen LogP contribution in [0.15, 0.2) is 47.5 Å². The SMILES string of the molecule is CCNC(=NCc1ccc(OCCOC)cc1)NCc1ccc(OC)cc1OC.I. The number of aliphatic imine (C=N–C) groups is 1. The van der Waals surface area contributed by atoms with Crippen molar-refractivity contribution in [1.29, 1.82) is 0 Å². The molecule has 0 aliphatic heterocycles. The Kier molecular flexibility index (Phi) is 12.7. The second-order valence-electron chi connectivity index (χ2n) is 6.21. The van der Waals surface area contributed by atoms with Crippen molar-refractivity contribution in [1.82, 2.24) is 10.6 Å². The molecule has 8 heteroatoms. The van der Waals surface area contributed by atoms with Crippen molar-refractivity contribution in [2.24, 2.45) is 4.99 Å². The number of benzene rings is 2. The number of nitrogens with one attached hydrogen (secondary N) is 2. The fraction of sp³-hybridized carbons (Fsp3) is 0.409. The highest BCUT2D eigenvalue weighted by Gasteiger charge is 2.06. The van der Waals surface area contributed by atoms with Crippen LogP contribution in [0.25, 0.3) is 0 Å². The summed E-state index contributed by atoms with van der Waals surface area (Å²) in [6.07, 6.45) is 0. The summed E-state index contributed by atoms with van der Waals surface area (Å²) in [6.45, 7) is 5.08. The number of ether oxygens (including phenoxy) is 4. The van der Waals surface area contributed by atoms with Gasteiger partial charge in [0, 0.05) is 31.8 Å². The molecular formula is C22H32IN3O4. The lowest BCUT2D eigenvalue weighted by Gasteiger charge is -2.14. The van der Waals surface area contributed by atoms with E-state index in [1.165, 1.54) is 0 Å². The molecule has 0 aliphatic carbocycles. The number of hydrogen-bond donors (Lipinski definition) is 2. The molecule has 0 amide bonds. The smallest absolute Gasteiger partial charge is 0.191 e. The van der Waals surface area contributed by atoms with Crippen molar-refractivity contribution in [3.8, 4) is 17.2 Å². The van der Waals surface area contributed by atoms with Crippen LogP contribution in [0.3, 0.4) is 0 Å². The van der Waals surface area contributed by atoms with Gasteiger partial charge in [0.25, 0.3) is 0 Å². The molecule has 0 unspecified atom stereocenters. The minimum absolute atomic E-state index is 0. The van der Waals surface area contributed by atoms with Crippen LogP contribution >= 0.6 is 24.0 Å². The van der Waals surface area contributed by atoms with Crippen molar-refractivity contribution < 1.29 is 18.9 Å². The Labute approximate surface area is 196 Å². The number of halogens is 1. The zero-order chi connectivity index (χ0) is 20.9. The molecule has 0 saturated carbocycles. The molecule has 166 valence electrons. The minimum Gasteiger partial charge on any atom is -0.497 e. The molecule has 0 radical (unpaired) electrons. The van der Waals surface area contributed by atoms with Gasteiger partial charge in [0.05, 0.1) is 27.4 Å². The zero-order valence-electron chi connectivity index (χ0n) is 18.1. The molecule has 0 heterocycles. The predicted molar refractivity (Wildman–Crippen MR) is 130 cm³/mol. The Hall–Kier alpha value is -2.20. The lowest BCUT2D eigenvalue weighted by molar-refractivity contribution is 0.146. The average Bonchev–Trinajstić information content (AvgIpc) is 2.76. The molecule has 0 bridgehead atoms. The fourth-order valence-corrected chi connectivity index (χ4v) is 2.62. The third kappa shape index (κ3) is 8.66. The maximum atomic E-state index is 5.59. The molecule has 2 aromatic rings. The van der Waals surface area contributed by atoms with Crippen LogP contribution in [0, 0.1) is 0 Å². The summed E-state index contributed by atoms with van der Waals surface area (Å²) in [5.74, 6) is 3.11. The van der Waals surface area contributed by atoms with Crippen LogP contribution in [0.5, 0.6) is 17.2 Å². The molecule has 7 nitrogen and oxygen atoms in total. The summed E-state index contributed by atoms with van der Waals surface area (Å²) in [6, 6.07) is 13.7. The monoisotopic (exact) mass is 529 g/mol. The zero-order valence-corrected chi connectivity index (χ0v) is 20.4. The van der Waals surface area contributed by atoms with E-state index in [0.717, 1.165) is 40.9 Å². The summed E-state index contributed by atoms with van der Waals surface area (Å²) in [5, 5.41) is 6.61. The first-order valence-electron chi connectivity index (χ1n) is 9.64. The fourth-order valence-electron chi connectivity index (χ4n) is 2.62. The number of rotatable bonds is 11. The summed E-state index contributed by atoms with van der Waals surface area (Å²) in [4.78, 5) is 4.66. The van der Waals surface area contributed by atoms with Gasteiger partial charge in [-0.25, -0.2) is 4.99 Å². The minimum atomic E-state index is 0. The molecule has 2 aromatic carbocycles. The molecule has 0 aliphatic rings. The van der Waals surface area contributed by atoms with E-state index in [0.29, 0.717) is 26.3 Å². The van der Waals surface area contributed by atoms with Gasteiger partial charge in [0.2, 0.25) is 0 Å². The van der Waals surface area contributed by atoms with Crippen LogP contribution in [-0.2, 0) is 17.8 Å². The quantitative estimate of drug-likeness (QED) is 0.201. The van der Waals surface area contributed by atoms with E-state index < -0.39 is 0 Å². The van der Waals surface area contributed by atoms with E-state index in [4.69, 9.17) is 18.9 Å². The molecule has 30 heavy (non-hydrogen) atoms. The van der Waals surface area contributed by atoms with Crippen molar-refractivity contribution in [3.05, 3.63) is 53.6 Å². The average molecular weight is 529 g/mol. The van der Waals surface area contributed by atoms with Gasteiger partial charge in [-0.1, -0.05) is 12.1 Å². The van der Waals surface area contributed by atoms with E-state index in [2.05, 4.69) is 15.6 Å². The molecule has 0 atom stereocenters. The molecule has 2 N–H and O–H groups in total. The molecule has 0 spiro atoms. The maximum Gasteiger partial charge on any atom is 0.191 e. The summed E-state index contributed by atoms with van der Waals surface area (Å²) in [7, 11) is 4.95. The highest BCUT2D eigenvalue weighted by Crippen LogP contribution is 2.24. The standard InChI is InChI=1S/C22H31N3O4.HI/c1-5-23-22(25-16-18-8-11-20(27-3)14-21(18)28-4)24-15-17-6-9-19(10-7-17)29-13-12-26-2;/h6-11,14H,5,12-13,15-16H2,1-4H3,(H2,23,24,25);1H. The largest absolute Gasteiger partial charge is 0.497 e. The summed E-state index contributed by atoms with van der Waals surface area (Å²) >= 11 is 0. The summed E-state index contributed by atoms with van der Waals surface area (Å²) < 4.78 is 21.3. The van der Waals surface area contributed by atoms with Crippen LogP contribution in [0.1, 0.15) is 18.1 Å². The first-order valence-corrected chi connectivity index (χ1v) is 9.64. The van der Waals surface area contributed by atoms with E-state index >= 15 is 0 Å². The molecule has 0 aromatic heterocycles. The van der Waals surface area contributed by atoms with Gasteiger partial charge < -0.3 is 29.6 Å². The number of guanidine groups is 1. The molecule has 0 fully saturated rings.